The molecule has 2 saturated carbocycles. The summed E-state index contributed by atoms with van der Waals surface area (Å²) in [5.41, 5.74) is 0.359. The summed E-state index contributed by atoms with van der Waals surface area (Å²) in [6.45, 7) is 5.43. The van der Waals surface area contributed by atoms with Crippen molar-refractivity contribution < 1.29 is 14.3 Å². The van der Waals surface area contributed by atoms with E-state index in [-0.39, 0.29) is 0 Å². The highest BCUT2D eigenvalue weighted by molar-refractivity contribution is 5.76. The van der Waals surface area contributed by atoms with Crippen molar-refractivity contribution in [2.24, 2.45) is 23.2 Å². The Morgan fingerprint density at radius 2 is 1.78 bits per heavy atom. The molecule has 2 aliphatic heterocycles. The van der Waals surface area contributed by atoms with Crippen molar-refractivity contribution >= 4 is 5.91 Å². The lowest BCUT2D eigenvalue weighted by Crippen LogP contribution is -2.50. The van der Waals surface area contributed by atoms with E-state index in [1.165, 1.54) is 25.7 Å². The van der Waals surface area contributed by atoms with E-state index in [1.807, 2.05) is 0 Å². The molecule has 4 nitrogen and oxygen atoms in total. The number of hydrogen-bond acceptors (Lipinski definition) is 3. The van der Waals surface area contributed by atoms with Crippen LogP contribution in [0.2, 0.25) is 0 Å². The first-order chi connectivity index (χ1) is 11.3. The second-order valence-electron chi connectivity index (χ2n) is 8.39. The molecule has 4 rings (SSSR count). The molecule has 1 amide bonds. The molecule has 23 heavy (non-hydrogen) atoms. The summed E-state index contributed by atoms with van der Waals surface area (Å²) in [6, 6.07) is 0. The van der Waals surface area contributed by atoms with Gasteiger partial charge in [-0.05, 0) is 62.2 Å². The normalized spacial score (nSPS) is 30.6. The topological polar surface area (TPSA) is 38.8 Å². The number of ether oxygens (including phenoxy) is 2. The van der Waals surface area contributed by atoms with Crippen LogP contribution in [0.1, 0.15) is 51.4 Å². The van der Waals surface area contributed by atoms with Crippen LogP contribution in [0, 0.1) is 23.2 Å². The van der Waals surface area contributed by atoms with Gasteiger partial charge < -0.3 is 14.4 Å². The van der Waals surface area contributed by atoms with Crippen molar-refractivity contribution in [1.82, 2.24) is 4.90 Å². The van der Waals surface area contributed by atoms with Gasteiger partial charge in [-0.2, -0.15) is 0 Å². The van der Waals surface area contributed by atoms with Gasteiger partial charge in [-0.3, -0.25) is 4.79 Å². The van der Waals surface area contributed by atoms with Gasteiger partial charge >= 0.3 is 0 Å². The SMILES string of the molecule is O=C(CC1CC1)N1CCC2(CCOC[C@H]2COCC2CC2)CC1. The van der Waals surface area contributed by atoms with E-state index in [2.05, 4.69) is 4.90 Å². The molecule has 2 saturated heterocycles. The maximum atomic E-state index is 12.3. The first kappa shape index (κ1) is 15.9. The minimum absolute atomic E-state index is 0.359. The molecule has 0 radical (unpaired) electrons. The highest BCUT2D eigenvalue weighted by Crippen LogP contribution is 2.45. The predicted molar refractivity (Wildman–Crippen MR) is 88.1 cm³/mol. The standard InChI is InChI=1S/C19H31NO3/c21-18(11-15-1-2-15)20-8-5-19(6-9-20)7-10-22-13-17(19)14-23-12-16-3-4-16/h15-17H,1-14H2/t17-/m0/s1. The second kappa shape index (κ2) is 6.72. The summed E-state index contributed by atoms with van der Waals surface area (Å²) in [5, 5.41) is 0. The number of hydrogen-bond donors (Lipinski definition) is 0. The smallest absolute Gasteiger partial charge is 0.222 e. The number of piperidine rings is 1. The highest BCUT2D eigenvalue weighted by Gasteiger charge is 2.44. The molecule has 0 unspecified atom stereocenters. The summed E-state index contributed by atoms with van der Waals surface area (Å²) in [7, 11) is 0. The lowest BCUT2D eigenvalue weighted by atomic mass is 9.66. The molecule has 0 aromatic carbocycles. The number of carbonyl (C=O) groups is 1. The molecular formula is C19H31NO3. The summed E-state index contributed by atoms with van der Waals surface area (Å²) >= 11 is 0. The molecule has 2 aliphatic carbocycles. The number of amides is 1. The van der Waals surface area contributed by atoms with Crippen LogP contribution in [0.3, 0.4) is 0 Å². The average molecular weight is 321 g/mol. The molecule has 0 bridgehead atoms. The van der Waals surface area contributed by atoms with E-state index in [0.29, 0.717) is 23.2 Å². The van der Waals surface area contributed by atoms with E-state index in [0.717, 1.165) is 71.1 Å². The first-order valence-corrected chi connectivity index (χ1v) is 9.68. The van der Waals surface area contributed by atoms with Crippen molar-refractivity contribution in [1.29, 1.82) is 0 Å². The Morgan fingerprint density at radius 1 is 1.04 bits per heavy atom. The van der Waals surface area contributed by atoms with Crippen LogP contribution in [0.15, 0.2) is 0 Å². The number of nitrogens with zero attached hydrogens (tertiary/aromatic N) is 1. The Labute approximate surface area is 139 Å². The fraction of sp³-hybridized carbons (Fsp3) is 0.947. The van der Waals surface area contributed by atoms with E-state index < -0.39 is 0 Å². The average Bonchev–Trinajstić information content (AvgIpc) is 3.45. The Bertz CT molecular complexity index is 422. The van der Waals surface area contributed by atoms with Gasteiger partial charge in [0.05, 0.1) is 13.2 Å². The maximum Gasteiger partial charge on any atom is 0.222 e. The highest BCUT2D eigenvalue weighted by atomic mass is 16.5. The zero-order valence-corrected chi connectivity index (χ0v) is 14.3. The summed E-state index contributed by atoms with van der Waals surface area (Å²) < 4.78 is 11.8. The van der Waals surface area contributed by atoms with Gasteiger partial charge in [-0.15, -0.1) is 0 Å². The van der Waals surface area contributed by atoms with E-state index in [4.69, 9.17) is 9.47 Å². The fourth-order valence-corrected chi connectivity index (χ4v) is 4.33. The molecular weight excluding hydrogens is 290 g/mol. The van der Waals surface area contributed by atoms with Crippen LogP contribution in [-0.4, -0.2) is 50.3 Å². The minimum atomic E-state index is 0.359. The molecule has 0 aromatic heterocycles. The van der Waals surface area contributed by atoms with Gasteiger partial charge in [-0.1, -0.05) is 0 Å². The number of carbonyl (C=O) groups excluding carboxylic acids is 1. The third-order valence-corrected chi connectivity index (χ3v) is 6.57. The fourth-order valence-electron chi connectivity index (χ4n) is 4.33. The van der Waals surface area contributed by atoms with Gasteiger partial charge in [0.1, 0.15) is 0 Å². The number of rotatable bonds is 6. The van der Waals surface area contributed by atoms with Crippen LogP contribution in [0.4, 0.5) is 0 Å². The molecule has 0 N–H and O–H groups in total. The maximum absolute atomic E-state index is 12.3. The van der Waals surface area contributed by atoms with E-state index in [9.17, 15) is 4.79 Å². The van der Waals surface area contributed by atoms with Crippen molar-refractivity contribution in [2.45, 2.75) is 51.4 Å². The van der Waals surface area contributed by atoms with Gasteiger partial charge in [0, 0.05) is 38.6 Å². The van der Waals surface area contributed by atoms with Gasteiger partial charge in [0.15, 0.2) is 0 Å². The quantitative estimate of drug-likeness (QED) is 0.755. The Hall–Kier alpha value is -0.610. The molecule has 4 heteroatoms. The van der Waals surface area contributed by atoms with Crippen LogP contribution in [-0.2, 0) is 14.3 Å². The lowest BCUT2D eigenvalue weighted by Gasteiger charge is -2.49. The molecule has 4 aliphatic rings. The molecule has 130 valence electrons. The lowest BCUT2D eigenvalue weighted by molar-refractivity contribution is -0.139. The van der Waals surface area contributed by atoms with Crippen LogP contribution in [0.25, 0.3) is 0 Å². The second-order valence-corrected chi connectivity index (χ2v) is 8.39. The zero-order chi connectivity index (χ0) is 15.7. The van der Waals surface area contributed by atoms with Crippen LogP contribution >= 0.6 is 0 Å². The van der Waals surface area contributed by atoms with Crippen molar-refractivity contribution in [3.8, 4) is 0 Å². The molecule has 4 fully saturated rings. The third-order valence-electron chi connectivity index (χ3n) is 6.57. The Balaban J connectivity index is 1.29. The molecule has 2 heterocycles. The number of likely N-dealkylation sites (tertiary alicyclic amines) is 1. The van der Waals surface area contributed by atoms with Crippen molar-refractivity contribution in [3.05, 3.63) is 0 Å². The van der Waals surface area contributed by atoms with Crippen LogP contribution < -0.4 is 0 Å². The van der Waals surface area contributed by atoms with E-state index >= 15 is 0 Å². The van der Waals surface area contributed by atoms with Gasteiger partial charge in [0.25, 0.3) is 0 Å². The largest absolute Gasteiger partial charge is 0.381 e. The van der Waals surface area contributed by atoms with Crippen molar-refractivity contribution in [3.63, 3.8) is 0 Å². The first-order valence-electron chi connectivity index (χ1n) is 9.68. The third kappa shape index (κ3) is 3.90. The zero-order valence-electron chi connectivity index (χ0n) is 14.3. The molecule has 1 spiro atoms. The Kier molecular flexibility index (Phi) is 4.64. The summed E-state index contributed by atoms with van der Waals surface area (Å²) in [5.74, 6) is 2.45. The van der Waals surface area contributed by atoms with Gasteiger partial charge in [-0.25, -0.2) is 0 Å². The molecule has 1 atom stereocenters. The summed E-state index contributed by atoms with van der Waals surface area (Å²) in [4.78, 5) is 14.5. The van der Waals surface area contributed by atoms with Crippen LogP contribution in [0.5, 0.6) is 0 Å². The molecule has 0 aromatic rings. The predicted octanol–water partition coefficient (Wildman–Crippen LogP) is 2.86. The Morgan fingerprint density at radius 3 is 2.48 bits per heavy atom. The van der Waals surface area contributed by atoms with Gasteiger partial charge in [0.2, 0.25) is 5.91 Å². The monoisotopic (exact) mass is 321 g/mol. The minimum Gasteiger partial charge on any atom is -0.381 e. The van der Waals surface area contributed by atoms with E-state index in [1.54, 1.807) is 0 Å². The van der Waals surface area contributed by atoms with Crippen molar-refractivity contribution in [2.75, 3.05) is 39.5 Å². The summed E-state index contributed by atoms with van der Waals surface area (Å²) in [6.07, 6.45) is 9.46.